The molecule has 0 saturated heterocycles. The van der Waals surface area contributed by atoms with Gasteiger partial charge < -0.3 is 5.32 Å². The van der Waals surface area contributed by atoms with Crippen molar-refractivity contribution >= 4 is 61.2 Å². The van der Waals surface area contributed by atoms with Gasteiger partial charge in [-0.05, 0) is 43.9 Å². The first-order valence-electron chi connectivity index (χ1n) is 11.4. The third-order valence-electron chi connectivity index (χ3n) is 6.20. The minimum absolute atomic E-state index is 0.124. The Labute approximate surface area is 202 Å². The minimum atomic E-state index is -0.124. The predicted molar refractivity (Wildman–Crippen MR) is 133 cm³/mol. The second-order valence-electron chi connectivity index (χ2n) is 8.77. The highest BCUT2D eigenvalue weighted by molar-refractivity contribution is 8.00. The van der Waals surface area contributed by atoms with Crippen LogP contribution in [0.4, 0.5) is 5.69 Å². The summed E-state index contributed by atoms with van der Waals surface area (Å²) in [5.41, 5.74) is 2.37. The van der Waals surface area contributed by atoms with Crippen LogP contribution in [0.15, 0.2) is 33.4 Å². The number of carbonyl (C=O) groups excluding carboxylic acids is 1. The van der Waals surface area contributed by atoms with Gasteiger partial charge in [-0.15, -0.1) is 11.3 Å². The highest BCUT2D eigenvalue weighted by Gasteiger charge is 2.28. The van der Waals surface area contributed by atoms with Crippen LogP contribution in [-0.4, -0.2) is 25.5 Å². The molecule has 2 aliphatic carbocycles. The number of nitrogens with zero attached hydrogens (tertiary/aromatic N) is 4. The maximum absolute atomic E-state index is 12.6. The van der Waals surface area contributed by atoms with Crippen LogP contribution < -0.4 is 10.9 Å². The zero-order valence-electron chi connectivity index (χ0n) is 18.0. The fraction of sp³-hybridized carbons (Fsp3) is 0.435. The van der Waals surface area contributed by atoms with Crippen LogP contribution in [0.1, 0.15) is 61.6 Å². The summed E-state index contributed by atoms with van der Waals surface area (Å²) in [6.07, 6.45) is 7.81. The largest absolute Gasteiger partial charge is 0.326 e. The van der Waals surface area contributed by atoms with Crippen LogP contribution in [0.2, 0.25) is 0 Å². The SMILES string of the molecule is O=C(Nc1ccc2nc(SCc3cc(=O)n4nc(C5CC5)sc4n3)sc2c1)C1CCCCC1. The highest BCUT2D eigenvalue weighted by Crippen LogP contribution is 2.41. The Balaban J connectivity index is 1.15. The number of thiazole rings is 1. The average molecular weight is 498 g/mol. The maximum Gasteiger partial charge on any atom is 0.275 e. The molecule has 33 heavy (non-hydrogen) atoms. The van der Waals surface area contributed by atoms with Crippen molar-refractivity contribution in [2.45, 2.75) is 61.0 Å². The summed E-state index contributed by atoms with van der Waals surface area (Å²) in [5.74, 6) is 1.35. The van der Waals surface area contributed by atoms with Crippen molar-refractivity contribution in [2.24, 2.45) is 5.92 Å². The number of hydrogen-bond donors (Lipinski definition) is 1. The number of nitrogens with one attached hydrogen (secondary N) is 1. The Morgan fingerprint density at radius 1 is 1.09 bits per heavy atom. The van der Waals surface area contributed by atoms with Crippen molar-refractivity contribution < 1.29 is 4.79 Å². The number of benzene rings is 1. The molecule has 0 atom stereocenters. The molecule has 3 heterocycles. The standard InChI is InChI=1S/C23H23N5O2S3/c29-19-11-16(25-22-28(19)27-21(33-22)14-6-7-14)12-31-23-26-17-9-8-15(10-18(17)32-23)24-20(30)13-4-2-1-3-5-13/h8-11,13-14H,1-7,12H2,(H,24,30). The van der Waals surface area contributed by atoms with Gasteiger partial charge in [0.1, 0.15) is 5.01 Å². The molecule has 170 valence electrons. The van der Waals surface area contributed by atoms with Gasteiger partial charge in [0.25, 0.3) is 5.56 Å². The molecule has 3 aromatic heterocycles. The lowest BCUT2D eigenvalue weighted by Crippen LogP contribution is -2.24. The Hall–Kier alpha value is -2.30. The number of thioether (sulfide) groups is 1. The van der Waals surface area contributed by atoms with Crippen LogP contribution in [-0.2, 0) is 10.5 Å². The Kier molecular flexibility index (Phi) is 5.67. The van der Waals surface area contributed by atoms with E-state index in [1.807, 2.05) is 18.2 Å². The van der Waals surface area contributed by atoms with Crippen molar-refractivity contribution in [1.82, 2.24) is 19.6 Å². The lowest BCUT2D eigenvalue weighted by Gasteiger charge is -2.20. The summed E-state index contributed by atoms with van der Waals surface area (Å²) in [6, 6.07) is 7.46. The van der Waals surface area contributed by atoms with Crippen molar-refractivity contribution in [3.63, 3.8) is 0 Å². The molecular formula is C23H23N5O2S3. The number of fused-ring (bicyclic) bond motifs is 2. The molecule has 0 spiro atoms. The Bertz CT molecular complexity index is 1400. The molecule has 2 saturated carbocycles. The topological polar surface area (TPSA) is 89.2 Å². The van der Waals surface area contributed by atoms with Gasteiger partial charge >= 0.3 is 0 Å². The molecule has 0 aliphatic heterocycles. The van der Waals surface area contributed by atoms with Crippen LogP contribution >= 0.6 is 34.4 Å². The van der Waals surface area contributed by atoms with Gasteiger partial charge in [-0.3, -0.25) is 9.59 Å². The number of hydrogen-bond acceptors (Lipinski definition) is 8. The van der Waals surface area contributed by atoms with Crippen LogP contribution in [0, 0.1) is 5.92 Å². The van der Waals surface area contributed by atoms with E-state index < -0.39 is 0 Å². The summed E-state index contributed by atoms with van der Waals surface area (Å²) in [5, 5.41) is 8.54. The van der Waals surface area contributed by atoms with E-state index in [1.54, 1.807) is 29.2 Å². The fourth-order valence-electron chi connectivity index (χ4n) is 4.23. The molecule has 2 fully saturated rings. The number of aromatic nitrogens is 4. The van der Waals surface area contributed by atoms with Crippen LogP contribution in [0.25, 0.3) is 15.2 Å². The molecular weight excluding hydrogens is 474 g/mol. The molecule has 7 nitrogen and oxygen atoms in total. The van der Waals surface area contributed by atoms with E-state index in [0.29, 0.717) is 16.6 Å². The molecule has 0 radical (unpaired) electrons. The third-order valence-corrected chi connectivity index (χ3v) is 9.46. The van der Waals surface area contributed by atoms with Crippen LogP contribution in [0.3, 0.4) is 0 Å². The summed E-state index contributed by atoms with van der Waals surface area (Å²) < 4.78 is 3.39. The van der Waals surface area contributed by atoms with Crippen molar-refractivity contribution in [3.8, 4) is 0 Å². The quantitative estimate of drug-likeness (QED) is 0.356. The van der Waals surface area contributed by atoms with Crippen LogP contribution in [0.5, 0.6) is 0 Å². The van der Waals surface area contributed by atoms with E-state index in [9.17, 15) is 9.59 Å². The number of carbonyl (C=O) groups is 1. The van der Waals surface area contributed by atoms with E-state index in [0.717, 1.165) is 69.5 Å². The van der Waals surface area contributed by atoms with Gasteiger partial charge in [0.15, 0.2) is 4.34 Å². The van der Waals surface area contributed by atoms with Gasteiger partial charge in [-0.1, -0.05) is 42.4 Å². The second kappa shape index (κ2) is 8.81. The van der Waals surface area contributed by atoms with Gasteiger partial charge in [-0.2, -0.15) is 9.61 Å². The molecule has 10 heteroatoms. The molecule has 4 aromatic rings. The molecule has 1 aromatic carbocycles. The lowest BCUT2D eigenvalue weighted by molar-refractivity contribution is -0.120. The van der Waals surface area contributed by atoms with E-state index in [2.05, 4.69) is 15.4 Å². The first-order valence-corrected chi connectivity index (χ1v) is 14.0. The van der Waals surface area contributed by atoms with E-state index in [4.69, 9.17) is 4.98 Å². The molecule has 1 N–H and O–H groups in total. The van der Waals surface area contributed by atoms with Crippen molar-refractivity contribution in [1.29, 1.82) is 0 Å². The highest BCUT2D eigenvalue weighted by atomic mass is 32.2. The second-order valence-corrected chi connectivity index (χ2v) is 12.0. The molecule has 2 aliphatic rings. The Morgan fingerprint density at radius 2 is 1.94 bits per heavy atom. The third kappa shape index (κ3) is 4.56. The number of anilines is 1. The first-order chi connectivity index (χ1) is 16.1. The fourth-order valence-corrected chi connectivity index (χ4v) is 7.32. The molecule has 0 bridgehead atoms. The zero-order valence-corrected chi connectivity index (χ0v) is 20.4. The minimum Gasteiger partial charge on any atom is -0.326 e. The predicted octanol–water partition coefficient (Wildman–Crippen LogP) is 5.45. The number of amides is 1. The van der Waals surface area contributed by atoms with E-state index in [-0.39, 0.29) is 17.4 Å². The number of rotatable bonds is 6. The monoisotopic (exact) mass is 497 g/mol. The first kappa shape index (κ1) is 21.2. The van der Waals surface area contributed by atoms with Gasteiger partial charge in [0, 0.05) is 29.3 Å². The molecule has 6 rings (SSSR count). The average Bonchev–Trinajstić information content (AvgIpc) is 3.45. The normalized spacial score (nSPS) is 17.1. The van der Waals surface area contributed by atoms with Gasteiger partial charge in [0.05, 0.1) is 15.9 Å². The molecule has 0 unspecified atom stereocenters. The summed E-state index contributed by atoms with van der Waals surface area (Å²) in [4.78, 5) is 35.1. The summed E-state index contributed by atoms with van der Waals surface area (Å²) >= 11 is 4.70. The summed E-state index contributed by atoms with van der Waals surface area (Å²) in [6.45, 7) is 0. The zero-order chi connectivity index (χ0) is 22.4. The Morgan fingerprint density at radius 3 is 2.76 bits per heavy atom. The van der Waals surface area contributed by atoms with E-state index in [1.165, 1.54) is 22.3 Å². The van der Waals surface area contributed by atoms with Gasteiger partial charge in [-0.25, -0.2) is 9.97 Å². The lowest BCUT2D eigenvalue weighted by atomic mass is 9.88. The summed E-state index contributed by atoms with van der Waals surface area (Å²) in [7, 11) is 0. The maximum atomic E-state index is 12.6. The van der Waals surface area contributed by atoms with E-state index >= 15 is 0 Å². The van der Waals surface area contributed by atoms with Gasteiger partial charge in [0.2, 0.25) is 10.9 Å². The smallest absolute Gasteiger partial charge is 0.275 e. The van der Waals surface area contributed by atoms with Crippen molar-refractivity contribution in [3.05, 3.63) is 45.3 Å². The van der Waals surface area contributed by atoms with Crippen molar-refractivity contribution in [2.75, 3.05) is 5.32 Å². The molecule has 1 amide bonds.